The Balaban J connectivity index is 1.73. The Hall–Kier alpha value is -3.39. The molecule has 1 aliphatic heterocycles. The predicted octanol–water partition coefficient (Wildman–Crippen LogP) is 4.45. The molecule has 160 valence electrons. The molecule has 0 unspecified atom stereocenters. The van der Waals surface area contributed by atoms with Crippen LogP contribution in [0.25, 0.3) is 11.3 Å². The third kappa shape index (κ3) is 4.39. The van der Waals surface area contributed by atoms with E-state index in [9.17, 15) is 18.0 Å². The van der Waals surface area contributed by atoms with Gasteiger partial charge in [-0.05, 0) is 61.1 Å². The van der Waals surface area contributed by atoms with Crippen LogP contribution in [0, 0.1) is 0 Å². The maximum Gasteiger partial charge on any atom is 0.416 e. The number of fused-ring (bicyclic) bond motifs is 1. The van der Waals surface area contributed by atoms with Gasteiger partial charge in [0.1, 0.15) is 5.69 Å². The van der Waals surface area contributed by atoms with E-state index in [0.717, 1.165) is 35.5 Å². The summed E-state index contributed by atoms with van der Waals surface area (Å²) in [5, 5.41) is 0. The molecule has 8 heteroatoms. The summed E-state index contributed by atoms with van der Waals surface area (Å²) >= 11 is 0. The molecule has 1 aromatic heterocycles. The van der Waals surface area contributed by atoms with Crippen molar-refractivity contribution < 1.29 is 18.0 Å². The van der Waals surface area contributed by atoms with Crippen molar-refractivity contribution in [2.75, 3.05) is 25.0 Å². The first-order valence-electron chi connectivity index (χ1n) is 9.76. The molecule has 0 radical (unpaired) electrons. The van der Waals surface area contributed by atoms with Gasteiger partial charge >= 0.3 is 6.18 Å². The molecule has 0 bridgehead atoms. The first-order chi connectivity index (χ1) is 14.7. The predicted molar refractivity (Wildman–Crippen MR) is 113 cm³/mol. The van der Waals surface area contributed by atoms with E-state index >= 15 is 0 Å². The SMILES string of the molecule is CN1CCN(c2ccc(C(F)(F)F)cc2)c2ccc(-c3cccc(C(N)=O)n3)cc2C1. The summed E-state index contributed by atoms with van der Waals surface area (Å²) in [6, 6.07) is 16.2. The fourth-order valence-corrected chi connectivity index (χ4v) is 3.73. The maximum absolute atomic E-state index is 12.9. The zero-order chi connectivity index (χ0) is 22.2. The Morgan fingerprint density at radius 3 is 2.45 bits per heavy atom. The van der Waals surface area contributed by atoms with Crippen LogP contribution in [0.4, 0.5) is 24.5 Å². The topological polar surface area (TPSA) is 62.5 Å². The first kappa shape index (κ1) is 20.9. The van der Waals surface area contributed by atoms with E-state index in [1.807, 2.05) is 36.2 Å². The Morgan fingerprint density at radius 1 is 1.03 bits per heavy atom. The van der Waals surface area contributed by atoms with Crippen LogP contribution in [0.1, 0.15) is 21.6 Å². The number of alkyl halides is 3. The minimum Gasteiger partial charge on any atom is -0.364 e. The smallest absolute Gasteiger partial charge is 0.364 e. The van der Waals surface area contributed by atoms with Crippen LogP contribution < -0.4 is 10.6 Å². The number of pyridine rings is 1. The quantitative estimate of drug-likeness (QED) is 0.672. The Morgan fingerprint density at radius 2 is 1.77 bits per heavy atom. The number of halogens is 3. The maximum atomic E-state index is 12.9. The largest absolute Gasteiger partial charge is 0.416 e. The first-order valence-corrected chi connectivity index (χ1v) is 9.76. The van der Waals surface area contributed by atoms with Gasteiger partial charge in [0.2, 0.25) is 0 Å². The van der Waals surface area contributed by atoms with Gasteiger partial charge in [0.05, 0.1) is 11.3 Å². The average Bonchev–Trinajstić information content (AvgIpc) is 2.91. The Labute approximate surface area is 177 Å². The second-order valence-electron chi connectivity index (χ2n) is 7.55. The summed E-state index contributed by atoms with van der Waals surface area (Å²) in [4.78, 5) is 20.0. The molecular formula is C23H21F3N4O. The number of primary amides is 1. The van der Waals surface area contributed by atoms with Crippen LogP contribution in [0.5, 0.6) is 0 Å². The Bertz CT molecular complexity index is 1110. The van der Waals surface area contributed by atoms with Gasteiger partial charge in [0.15, 0.2) is 0 Å². The molecule has 31 heavy (non-hydrogen) atoms. The highest BCUT2D eigenvalue weighted by molar-refractivity contribution is 5.91. The second kappa shape index (κ2) is 8.03. The van der Waals surface area contributed by atoms with Gasteiger partial charge in [0, 0.05) is 36.6 Å². The molecule has 2 N–H and O–H groups in total. The van der Waals surface area contributed by atoms with Crippen molar-refractivity contribution in [3.8, 4) is 11.3 Å². The van der Waals surface area contributed by atoms with E-state index in [1.165, 1.54) is 12.1 Å². The van der Waals surface area contributed by atoms with Crippen LogP contribution in [0.3, 0.4) is 0 Å². The van der Waals surface area contributed by atoms with E-state index in [1.54, 1.807) is 12.1 Å². The van der Waals surface area contributed by atoms with Crippen molar-refractivity contribution >= 4 is 17.3 Å². The molecule has 0 aliphatic carbocycles. The lowest BCUT2D eigenvalue weighted by atomic mass is 10.0. The van der Waals surface area contributed by atoms with Crippen molar-refractivity contribution in [2.45, 2.75) is 12.7 Å². The summed E-state index contributed by atoms with van der Waals surface area (Å²) in [5.41, 5.74) is 8.98. The number of carbonyl (C=O) groups is 1. The number of hydrogen-bond acceptors (Lipinski definition) is 4. The number of rotatable bonds is 3. The van der Waals surface area contributed by atoms with Crippen molar-refractivity contribution in [2.24, 2.45) is 5.73 Å². The van der Waals surface area contributed by atoms with Crippen LogP contribution in [0.2, 0.25) is 0 Å². The van der Waals surface area contributed by atoms with Gasteiger partial charge in [0.25, 0.3) is 5.91 Å². The van der Waals surface area contributed by atoms with Crippen molar-refractivity contribution in [1.82, 2.24) is 9.88 Å². The molecule has 0 fully saturated rings. The summed E-state index contributed by atoms with van der Waals surface area (Å²) < 4.78 is 38.8. The summed E-state index contributed by atoms with van der Waals surface area (Å²) in [6.07, 6.45) is -4.36. The van der Waals surface area contributed by atoms with Gasteiger partial charge in [-0.25, -0.2) is 4.98 Å². The third-order valence-corrected chi connectivity index (χ3v) is 5.32. The molecule has 0 spiro atoms. The zero-order valence-electron chi connectivity index (χ0n) is 16.9. The van der Waals surface area contributed by atoms with E-state index in [4.69, 9.17) is 5.73 Å². The van der Waals surface area contributed by atoms with Crippen LogP contribution in [0.15, 0.2) is 60.7 Å². The van der Waals surface area contributed by atoms with Crippen LogP contribution >= 0.6 is 0 Å². The highest BCUT2D eigenvalue weighted by atomic mass is 19.4. The number of nitrogens with two attached hydrogens (primary N) is 1. The van der Waals surface area contributed by atoms with Crippen molar-refractivity contribution in [3.63, 3.8) is 0 Å². The number of aromatic nitrogens is 1. The molecule has 0 saturated heterocycles. The molecule has 2 aromatic carbocycles. The summed E-state index contributed by atoms with van der Waals surface area (Å²) in [7, 11) is 2.00. The van der Waals surface area contributed by atoms with E-state index in [0.29, 0.717) is 24.5 Å². The number of nitrogens with zero attached hydrogens (tertiary/aromatic N) is 3. The average molecular weight is 426 g/mol. The number of hydrogen-bond donors (Lipinski definition) is 1. The molecular weight excluding hydrogens is 405 g/mol. The lowest BCUT2D eigenvalue weighted by Crippen LogP contribution is -2.26. The molecule has 1 aliphatic rings. The fraction of sp³-hybridized carbons (Fsp3) is 0.217. The zero-order valence-corrected chi connectivity index (χ0v) is 16.9. The molecule has 5 nitrogen and oxygen atoms in total. The van der Waals surface area contributed by atoms with Gasteiger partial charge in [-0.2, -0.15) is 13.2 Å². The van der Waals surface area contributed by atoms with Gasteiger partial charge in [-0.3, -0.25) is 4.79 Å². The number of benzene rings is 2. The lowest BCUT2D eigenvalue weighted by Gasteiger charge is -2.25. The number of carbonyl (C=O) groups excluding carboxylic acids is 1. The standard InChI is InChI=1S/C23H21F3N4O/c1-29-11-12-30(18-8-6-17(7-9-18)23(24,25)26)21-10-5-15(13-16(21)14-29)19-3-2-4-20(28-19)22(27)31/h2-10,13H,11-12,14H2,1H3,(H2,27,31). The van der Waals surface area contributed by atoms with Crippen LogP contribution in [-0.4, -0.2) is 35.9 Å². The molecule has 0 atom stereocenters. The van der Waals surface area contributed by atoms with Gasteiger partial charge in [-0.1, -0.05) is 12.1 Å². The lowest BCUT2D eigenvalue weighted by molar-refractivity contribution is -0.137. The van der Waals surface area contributed by atoms with E-state index in [-0.39, 0.29) is 5.69 Å². The number of amides is 1. The summed E-state index contributed by atoms with van der Waals surface area (Å²) in [6.45, 7) is 2.07. The molecule has 1 amide bonds. The van der Waals surface area contributed by atoms with Gasteiger partial charge in [-0.15, -0.1) is 0 Å². The van der Waals surface area contributed by atoms with Crippen molar-refractivity contribution in [3.05, 3.63) is 77.5 Å². The molecule has 4 rings (SSSR count). The van der Waals surface area contributed by atoms with Crippen molar-refractivity contribution in [1.29, 1.82) is 0 Å². The summed E-state index contributed by atoms with van der Waals surface area (Å²) in [5.74, 6) is -0.593. The van der Waals surface area contributed by atoms with E-state index in [2.05, 4.69) is 9.88 Å². The molecule has 3 aromatic rings. The number of anilines is 2. The molecule has 2 heterocycles. The molecule has 0 saturated carbocycles. The highest BCUT2D eigenvalue weighted by Gasteiger charge is 2.30. The van der Waals surface area contributed by atoms with E-state index < -0.39 is 17.6 Å². The highest BCUT2D eigenvalue weighted by Crippen LogP contribution is 2.36. The second-order valence-corrected chi connectivity index (χ2v) is 7.55. The normalized spacial score (nSPS) is 14.8. The monoisotopic (exact) mass is 426 g/mol. The van der Waals surface area contributed by atoms with Crippen LogP contribution in [-0.2, 0) is 12.7 Å². The Kier molecular flexibility index (Phi) is 5.41. The minimum atomic E-state index is -4.36. The fourth-order valence-electron chi connectivity index (χ4n) is 3.73. The van der Waals surface area contributed by atoms with Gasteiger partial charge < -0.3 is 15.5 Å². The third-order valence-electron chi connectivity index (χ3n) is 5.32. The number of likely N-dealkylation sites (N-methyl/N-ethyl adjacent to an activating group) is 1. The minimum absolute atomic E-state index is 0.191.